The molecule has 5 atom stereocenters. The molecule has 0 bridgehead atoms. The number of unbranched alkanes of at least 4 members (excludes halogenated alkanes) is 43. The summed E-state index contributed by atoms with van der Waals surface area (Å²) in [5, 5.41) is 10.6. The van der Waals surface area contributed by atoms with Crippen molar-refractivity contribution in [1.29, 1.82) is 0 Å². The zero-order valence-corrected chi connectivity index (χ0v) is 66.9. The van der Waals surface area contributed by atoms with Crippen LogP contribution in [0.1, 0.15) is 409 Å². The fraction of sp³-hybridized carbons (Fsp3) is 0.950. The van der Waals surface area contributed by atoms with Gasteiger partial charge in [-0.05, 0) is 49.4 Å². The first-order chi connectivity index (χ1) is 47.6. The van der Waals surface area contributed by atoms with E-state index < -0.39 is 97.5 Å². The van der Waals surface area contributed by atoms with Gasteiger partial charge in [0.05, 0.1) is 26.4 Å². The van der Waals surface area contributed by atoms with Crippen LogP contribution in [-0.2, 0) is 65.4 Å². The van der Waals surface area contributed by atoms with Crippen molar-refractivity contribution in [3.8, 4) is 0 Å². The third kappa shape index (κ3) is 74.1. The molecule has 3 N–H and O–H groups in total. The van der Waals surface area contributed by atoms with E-state index in [2.05, 4.69) is 55.4 Å². The lowest BCUT2D eigenvalue weighted by molar-refractivity contribution is -0.161. The third-order valence-electron chi connectivity index (χ3n) is 18.6. The molecule has 0 aliphatic heterocycles. The number of carbonyl (C=O) groups excluding carboxylic acids is 4. The maximum Gasteiger partial charge on any atom is 0.472 e. The molecule has 0 aromatic carbocycles. The summed E-state index contributed by atoms with van der Waals surface area (Å²) in [6.07, 6.45) is 55.5. The molecule has 588 valence electrons. The number of aliphatic hydroxyl groups excluding tert-OH is 1. The van der Waals surface area contributed by atoms with E-state index in [-0.39, 0.29) is 25.7 Å². The SMILES string of the molecule is CC(C)CCCCCCCCCCCCCCCCCC(=O)O[C@H](COC(=O)CCCCCCCCCC(C)C)COP(=O)(O)OCC(O)COP(=O)(O)OC[C@@H](COC(=O)CCCCCCCCCCCCCCC(C)C)OC(=O)CCCCCCCCCCCCCCCC(C)C. The molecule has 17 nitrogen and oxygen atoms in total. The molecule has 0 saturated heterocycles. The molecule has 0 aliphatic rings. The van der Waals surface area contributed by atoms with Gasteiger partial charge in [-0.25, -0.2) is 9.13 Å². The molecule has 0 amide bonds. The maximum absolute atomic E-state index is 13.1. The monoisotopic (exact) mass is 1450 g/mol. The summed E-state index contributed by atoms with van der Waals surface area (Å²) < 4.78 is 68.7. The highest BCUT2D eigenvalue weighted by atomic mass is 31.2. The fourth-order valence-electron chi connectivity index (χ4n) is 12.3. The van der Waals surface area contributed by atoms with E-state index in [0.717, 1.165) is 114 Å². The molecule has 0 rings (SSSR count). The maximum atomic E-state index is 13.1. The predicted molar refractivity (Wildman–Crippen MR) is 404 cm³/mol. The van der Waals surface area contributed by atoms with Crippen molar-refractivity contribution in [3.05, 3.63) is 0 Å². The molecule has 0 aromatic heterocycles. The van der Waals surface area contributed by atoms with E-state index in [0.29, 0.717) is 31.6 Å². The van der Waals surface area contributed by atoms with Gasteiger partial charge in [0, 0.05) is 25.7 Å². The van der Waals surface area contributed by atoms with Crippen LogP contribution in [0.4, 0.5) is 0 Å². The van der Waals surface area contributed by atoms with E-state index in [1.165, 1.54) is 205 Å². The fourth-order valence-corrected chi connectivity index (χ4v) is 13.8. The zero-order chi connectivity index (χ0) is 73.1. The average Bonchev–Trinajstić information content (AvgIpc) is 0.964. The number of hydrogen-bond acceptors (Lipinski definition) is 15. The van der Waals surface area contributed by atoms with Gasteiger partial charge in [0.25, 0.3) is 0 Å². The first kappa shape index (κ1) is 97.1. The largest absolute Gasteiger partial charge is 0.472 e. The van der Waals surface area contributed by atoms with Crippen molar-refractivity contribution in [2.45, 2.75) is 427 Å². The number of aliphatic hydroxyl groups is 1. The third-order valence-corrected chi connectivity index (χ3v) is 20.5. The Bertz CT molecular complexity index is 1940. The normalized spacial score (nSPS) is 14.1. The molecule has 0 saturated carbocycles. The molecule has 0 aromatic rings. The van der Waals surface area contributed by atoms with Crippen LogP contribution in [-0.4, -0.2) is 96.7 Å². The summed E-state index contributed by atoms with van der Waals surface area (Å²) in [5.74, 6) is 0.961. The second-order valence-corrected chi connectivity index (χ2v) is 33.6. The highest BCUT2D eigenvalue weighted by Gasteiger charge is 2.30. The number of ether oxygens (including phenoxy) is 4. The van der Waals surface area contributed by atoms with Crippen LogP contribution in [0.5, 0.6) is 0 Å². The number of phosphoric acid groups is 2. The molecular weight excluding hydrogens is 1290 g/mol. The minimum atomic E-state index is -4.96. The highest BCUT2D eigenvalue weighted by Crippen LogP contribution is 2.45. The first-order valence-electron chi connectivity index (χ1n) is 41.2. The Morgan fingerprint density at radius 1 is 0.253 bits per heavy atom. The first-order valence-corrected chi connectivity index (χ1v) is 44.2. The summed E-state index contributed by atoms with van der Waals surface area (Å²) in [4.78, 5) is 73.0. The Morgan fingerprint density at radius 2 is 0.424 bits per heavy atom. The van der Waals surface area contributed by atoms with E-state index in [4.69, 9.17) is 37.0 Å². The Balaban J connectivity index is 5.24. The van der Waals surface area contributed by atoms with Crippen molar-refractivity contribution in [1.82, 2.24) is 0 Å². The lowest BCUT2D eigenvalue weighted by atomic mass is 10.0. The molecular formula is C80H156O17P2. The van der Waals surface area contributed by atoms with E-state index >= 15 is 0 Å². The molecule has 99 heavy (non-hydrogen) atoms. The van der Waals surface area contributed by atoms with Gasteiger partial charge in [-0.3, -0.25) is 37.3 Å². The van der Waals surface area contributed by atoms with Gasteiger partial charge in [0.2, 0.25) is 0 Å². The topological polar surface area (TPSA) is 237 Å². The van der Waals surface area contributed by atoms with Gasteiger partial charge in [-0.15, -0.1) is 0 Å². The van der Waals surface area contributed by atoms with Crippen molar-refractivity contribution in [2.75, 3.05) is 39.6 Å². The van der Waals surface area contributed by atoms with Gasteiger partial charge >= 0.3 is 39.5 Å². The lowest BCUT2D eigenvalue weighted by Gasteiger charge is -2.21. The minimum absolute atomic E-state index is 0.107. The van der Waals surface area contributed by atoms with Crippen molar-refractivity contribution >= 4 is 39.5 Å². The summed E-state index contributed by atoms with van der Waals surface area (Å²) in [6, 6.07) is 0. The van der Waals surface area contributed by atoms with Crippen molar-refractivity contribution < 1.29 is 80.2 Å². The van der Waals surface area contributed by atoms with Crippen LogP contribution >= 0.6 is 15.6 Å². The molecule has 0 radical (unpaired) electrons. The molecule has 0 fully saturated rings. The van der Waals surface area contributed by atoms with Crippen LogP contribution in [0, 0.1) is 23.7 Å². The van der Waals surface area contributed by atoms with Crippen molar-refractivity contribution in [2.24, 2.45) is 23.7 Å². The molecule has 19 heteroatoms. The molecule has 0 aliphatic carbocycles. The quantitative estimate of drug-likeness (QED) is 0.0222. The summed E-state index contributed by atoms with van der Waals surface area (Å²) in [7, 11) is -9.92. The van der Waals surface area contributed by atoms with E-state index in [1.54, 1.807) is 0 Å². The second kappa shape index (κ2) is 69.1. The zero-order valence-electron chi connectivity index (χ0n) is 65.1. The Hall–Kier alpha value is -1.94. The Morgan fingerprint density at radius 3 is 0.626 bits per heavy atom. The van der Waals surface area contributed by atoms with Crippen LogP contribution in [0.15, 0.2) is 0 Å². The van der Waals surface area contributed by atoms with Crippen molar-refractivity contribution in [3.63, 3.8) is 0 Å². The van der Waals surface area contributed by atoms with Gasteiger partial charge in [-0.1, -0.05) is 357 Å². The van der Waals surface area contributed by atoms with Gasteiger partial charge < -0.3 is 33.8 Å². The van der Waals surface area contributed by atoms with Crippen LogP contribution in [0.25, 0.3) is 0 Å². The van der Waals surface area contributed by atoms with Gasteiger partial charge in [0.15, 0.2) is 12.2 Å². The molecule has 0 heterocycles. The van der Waals surface area contributed by atoms with Gasteiger partial charge in [0.1, 0.15) is 19.3 Å². The number of esters is 4. The van der Waals surface area contributed by atoms with E-state index in [1.807, 2.05) is 0 Å². The van der Waals surface area contributed by atoms with Crippen LogP contribution in [0.3, 0.4) is 0 Å². The smallest absolute Gasteiger partial charge is 0.462 e. The summed E-state index contributed by atoms with van der Waals surface area (Å²) in [5.41, 5.74) is 0. The summed E-state index contributed by atoms with van der Waals surface area (Å²) in [6.45, 7) is 14.2. The summed E-state index contributed by atoms with van der Waals surface area (Å²) >= 11 is 0. The van der Waals surface area contributed by atoms with Gasteiger partial charge in [-0.2, -0.15) is 0 Å². The number of hydrogen-bond donors (Lipinski definition) is 3. The highest BCUT2D eigenvalue weighted by molar-refractivity contribution is 7.47. The van der Waals surface area contributed by atoms with Crippen LogP contribution in [0.2, 0.25) is 0 Å². The number of carbonyl (C=O) groups is 4. The van der Waals surface area contributed by atoms with E-state index in [9.17, 15) is 43.2 Å². The predicted octanol–water partition coefficient (Wildman–Crippen LogP) is 23.6. The molecule has 0 spiro atoms. The lowest BCUT2D eigenvalue weighted by Crippen LogP contribution is -2.30. The average molecular weight is 1450 g/mol. The number of rotatable bonds is 77. The minimum Gasteiger partial charge on any atom is -0.462 e. The Kier molecular flexibility index (Phi) is 67.8. The standard InChI is InChI=1S/C80H156O17P2/c1-70(2)56-48-40-32-25-19-13-10-9-11-15-23-29-37-46-54-62-80(85)97-76(67-91-78(83)61-53-45-39-31-35-43-51-59-73(7)8)69-95-99(88,89)93-65-74(81)64-92-98(86,87)94-68-75(66-90-77(82)60-52-44-36-28-22-18-17-21-27-34-42-50-58-72(5)6)96-79(84)63-55-47-38-30-24-16-12-14-20-26-33-41-49-57-71(3)4/h70-76,81H,9-69H2,1-8H3,(H,86,87)(H,88,89)/t74?,75-,76-/m1/s1. The Labute approximate surface area is 607 Å². The second-order valence-electron chi connectivity index (χ2n) is 30.7. The molecule has 3 unspecified atom stereocenters. The van der Waals surface area contributed by atoms with Crippen LogP contribution < -0.4 is 0 Å². The number of phosphoric ester groups is 2.